The number of carbonyl (C=O) groups excluding carboxylic acids is 4. The van der Waals surface area contributed by atoms with Crippen LogP contribution in [0, 0.1) is 5.92 Å². The third-order valence-electron chi connectivity index (χ3n) is 8.05. The van der Waals surface area contributed by atoms with Gasteiger partial charge in [0.2, 0.25) is 5.91 Å². The molecule has 1 aliphatic carbocycles. The Balaban J connectivity index is 1.32. The number of carbonyl (C=O) groups is 4. The van der Waals surface area contributed by atoms with Gasteiger partial charge in [0.15, 0.2) is 0 Å². The lowest BCUT2D eigenvalue weighted by Gasteiger charge is -2.18. The zero-order chi connectivity index (χ0) is 35.8. The van der Waals surface area contributed by atoms with E-state index >= 15 is 0 Å². The Morgan fingerprint density at radius 1 is 1.04 bits per heavy atom. The van der Waals surface area contributed by atoms with Crippen LogP contribution in [-0.2, 0) is 27.2 Å². The molecule has 4 N–H and O–H groups in total. The Morgan fingerprint density at radius 3 is 2.56 bits per heavy atom. The summed E-state index contributed by atoms with van der Waals surface area (Å²) in [5.41, 5.74) is 2.64. The zero-order valence-corrected chi connectivity index (χ0v) is 29.8. The number of hydrogen-bond acceptors (Lipinski definition) is 9. The zero-order valence-electron chi connectivity index (χ0n) is 28.2. The summed E-state index contributed by atoms with van der Waals surface area (Å²) < 4.78 is 10.7. The van der Waals surface area contributed by atoms with Crippen LogP contribution in [0.3, 0.4) is 0 Å². The number of benzene rings is 3. The number of aromatic hydroxyl groups is 1. The van der Waals surface area contributed by atoms with Gasteiger partial charge in [0.1, 0.15) is 22.2 Å². The number of phenols is 1. The summed E-state index contributed by atoms with van der Waals surface area (Å²) in [6, 6.07) is 19.9. The molecule has 0 spiro atoms. The molecule has 260 valence electrons. The van der Waals surface area contributed by atoms with Crippen molar-refractivity contribution in [1.29, 1.82) is 0 Å². The molecule has 12 heteroatoms. The second-order valence-electron chi connectivity index (χ2n) is 11.8. The predicted molar refractivity (Wildman–Crippen MR) is 197 cm³/mol. The highest BCUT2D eigenvalue weighted by atomic mass is 32.2. The number of fused-ring (bicyclic) bond motifs is 1. The van der Waals surface area contributed by atoms with Crippen LogP contribution in [0.2, 0.25) is 0 Å². The summed E-state index contributed by atoms with van der Waals surface area (Å²) in [7, 11) is 1.44. The third-order valence-corrected chi connectivity index (χ3v) is 10.3. The molecule has 2 unspecified atom stereocenters. The highest BCUT2D eigenvalue weighted by molar-refractivity contribution is 8.00. The molecule has 3 amide bonds. The molecule has 1 aromatic heterocycles. The second kappa shape index (κ2) is 16.6. The first kappa shape index (κ1) is 36.2. The number of methoxy groups -OCH3 is 1. The molecule has 3 aromatic carbocycles. The Morgan fingerprint density at radius 2 is 1.82 bits per heavy atom. The number of amides is 3. The number of nitrogens with one attached hydrogen (secondary N) is 3. The number of anilines is 2. The van der Waals surface area contributed by atoms with Crippen LogP contribution >= 0.6 is 23.1 Å². The molecule has 4 aromatic rings. The molecule has 10 nitrogen and oxygen atoms in total. The van der Waals surface area contributed by atoms with Gasteiger partial charge in [-0.05, 0) is 93.1 Å². The van der Waals surface area contributed by atoms with E-state index in [2.05, 4.69) is 22.9 Å². The monoisotopic (exact) mass is 713 g/mol. The lowest BCUT2D eigenvalue weighted by molar-refractivity contribution is -0.115. The Bertz CT molecular complexity index is 1920. The molecule has 0 radical (unpaired) electrons. The minimum absolute atomic E-state index is 0.0147. The number of thioether (sulfide) groups is 1. The largest absolute Gasteiger partial charge is 0.508 e. The molecular weight excluding hydrogens is 675 g/mol. The normalized spacial score (nSPS) is 14.6. The van der Waals surface area contributed by atoms with E-state index in [0.29, 0.717) is 39.0 Å². The van der Waals surface area contributed by atoms with E-state index in [1.165, 1.54) is 48.4 Å². The first-order valence-electron chi connectivity index (χ1n) is 16.2. The van der Waals surface area contributed by atoms with Gasteiger partial charge in [0.25, 0.3) is 11.8 Å². The van der Waals surface area contributed by atoms with Crippen LogP contribution < -0.4 is 20.7 Å². The van der Waals surface area contributed by atoms with Crippen molar-refractivity contribution in [3.63, 3.8) is 0 Å². The standard InChI is InChI=1S/C38H39N3O7S2/c1-5-48-38(46)33-29-17-14-22(2)18-32(29)50-37(33)41-34(43)23(3)49-28-13-9-12-26(20-28)39-36(45)30(40-35(44)24-10-7-6-8-11-24)19-25-15-16-27(42)21-31(25)47-4/h6-13,15-16,19-23,42H,5,14,17-18H2,1-4H3,(H,39,45)(H,40,44)(H,41,43)/b30-19+. The fraction of sp³-hybridized carbons (Fsp3) is 0.263. The average molecular weight is 714 g/mol. The SMILES string of the molecule is CCOC(=O)c1c(NC(=O)C(C)Sc2cccc(NC(=O)/C(=C\c3ccc(O)cc3OC)NC(=O)c3ccccc3)c2)sc2c1CCC(C)C2. The molecule has 0 bridgehead atoms. The summed E-state index contributed by atoms with van der Waals surface area (Å²) in [4.78, 5) is 54.9. The number of phenolic OH excluding ortho intramolecular Hbond substituents is 1. The number of esters is 1. The summed E-state index contributed by atoms with van der Waals surface area (Å²) in [5, 5.41) is 18.4. The van der Waals surface area contributed by atoms with Gasteiger partial charge < -0.3 is 30.5 Å². The molecule has 50 heavy (non-hydrogen) atoms. The van der Waals surface area contributed by atoms with Crippen LogP contribution in [0.15, 0.2) is 83.4 Å². The van der Waals surface area contributed by atoms with Crippen molar-refractivity contribution < 1.29 is 33.8 Å². The van der Waals surface area contributed by atoms with Gasteiger partial charge in [-0.15, -0.1) is 23.1 Å². The van der Waals surface area contributed by atoms with Gasteiger partial charge in [0.05, 0.1) is 24.5 Å². The van der Waals surface area contributed by atoms with Crippen molar-refractivity contribution in [2.45, 2.75) is 50.2 Å². The van der Waals surface area contributed by atoms with Crippen LogP contribution in [0.5, 0.6) is 11.5 Å². The molecule has 0 saturated carbocycles. The van der Waals surface area contributed by atoms with Gasteiger partial charge in [-0.2, -0.15) is 0 Å². The van der Waals surface area contributed by atoms with Crippen molar-refractivity contribution >= 4 is 63.6 Å². The third kappa shape index (κ3) is 8.93. The molecule has 0 saturated heterocycles. The first-order valence-corrected chi connectivity index (χ1v) is 17.9. The summed E-state index contributed by atoms with van der Waals surface area (Å²) in [6.45, 7) is 5.96. The van der Waals surface area contributed by atoms with E-state index in [1.54, 1.807) is 68.4 Å². The number of hydrogen-bond donors (Lipinski definition) is 4. The fourth-order valence-electron chi connectivity index (χ4n) is 5.49. The maximum Gasteiger partial charge on any atom is 0.341 e. The van der Waals surface area contributed by atoms with Gasteiger partial charge in [-0.3, -0.25) is 14.4 Å². The van der Waals surface area contributed by atoms with E-state index in [0.717, 1.165) is 34.6 Å². The summed E-state index contributed by atoms with van der Waals surface area (Å²) >= 11 is 2.74. The minimum Gasteiger partial charge on any atom is -0.508 e. The Kier molecular flexibility index (Phi) is 12.0. The van der Waals surface area contributed by atoms with Crippen LogP contribution in [0.4, 0.5) is 10.7 Å². The maximum atomic E-state index is 13.6. The van der Waals surface area contributed by atoms with E-state index in [1.807, 2.05) is 6.07 Å². The number of ether oxygens (including phenoxy) is 2. The van der Waals surface area contributed by atoms with E-state index in [4.69, 9.17) is 9.47 Å². The molecule has 1 aliphatic rings. The Labute approximate surface area is 299 Å². The molecular formula is C38H39N3O7S2. The molecule has 0 fully saturated rings. The van der Waals surface area contributed by atoms with Crippen molar-refractivity contribution in [3.05, 3.63) is 106 Å². The average Bonchev–Trinajstić information content (AvgIpc) is 3.45. The first-order chi connectivity index (χ1) is 24.1. The fourth-order valence-corrected chi connectivity index (χ4v) is 7.82. The van der Waals surface area contributed by atoms with Crippen LogP contribution in [-0.4, -0.2) is 47.8 Å². The van der Waals surface area contributed by atoms with Crippen LogP contribution in [0.25, 0.3) is 6.08 Å². The van der Waals surface area contributed by atoms with Gasteiger partial charge in [0, 0.05) is 32.7 Å². The molecule has 1 heterocycles. The maximum absolute atomic E-state index is 13.6. The van der Waals surface area contributed by atoms with Crippen molar-refractivity contribution in [1.82, 2.24) is 5.32 Å². The van der Waals surface area contributed by atoms with Gasteiger partial charge in [-0.25, -0.2) is 4.79 Å². The summed E-state index contributed by atoms with van der Waals surface area (Å²) in [6.07, 6.45) is 4.08. The lowest BCUT2D eigenvalue weighted by atomic mass is 9.88. The van der Waals surface area contributed by atoms with Gasteiger partial charge >= 0.3 is 5.97 Å². The van der Waals surface area contributed by atoms with Crippen molar-refractivity contribution in [3.8, 4) is 11.5 Å². The number of thiophene rings is 1. The second-order valence-corrected chi connectivity index (χ2v) is 14.3. The topological polar surface area (TPSA) is 143 Å². The number of rotatable bonds is 12. The molecule has 2 atom stereocenters. The smallest absolute Gasteiger partial charge is 0.341 e. The van der Waals surface area contributed by atoms with E-state index in [9.17, 15) is 24.3 Å². The molecule has 0 aliphatic heterocycles. The minimum atomic E-state index is -0.597. The van der Waals surface area contributed by atoms with E-state index in [-0.39, 0.29) is 24.0 Å². The van der Waals surface area contributed by atoms with Gasteiger partial charge in [-0.1, -0.05) is 31.2 Å². The van der Waals surface area contributed by atoms with Crippen molar-refractivity contribution in [2.24, 2.45) is 5.92 Å². The quantitative estimate of drug-likeness (QED) is 0.0681. The lowest BCUT2D eigenvalue weighted by Crippen LogP contribution is -2.30. The Hall–Kier alpha value is -5.07. The predicted octanol–water partition coefficient (Wildman–Crippen LogP) is 7.29. The van der Waals surface area contributed by atoms with Crippen LogP contribution in [0.1, 0.15) is 63.9 Å². The van der Waals surface area contributed by atoms with E-state index < -0.39 is 23.0 Å². The summed E-state index contributed by atoms with van der Waals surface area (Å²) in [5.74, 6) is -0.972. The highest BCUT2D eigenvalue weighted by Gasteiger charge is 2.30. The highest BCUT2D eigenvalue weighted by Crippen LogP contribution is 2.40. The van der Waals surface area contributed by atoms with Crippen molar-refractivity contribution in [2.75, 3.05) is 24.4 Å². The molecule has 5 rings (SSSR count).